The van der Waals surface area contributed by atoms with Crippen LogP contribution in [0.25, 0.3) is 10.9 Å². The predicted molar refractivity (Wildman–Crippen MR) is 110 cm³/mol. The highest BCUT2D eigenvalue weighted by molar-refractivity contribution is 8.00. The Bertz CT molecular complexity index is 961. The van der Waals surface area contributed by atoms with Gasteiger partial charge in [0.05, 0.1) is 25.9 Å². The largest absolute Gasteiger partial charge is 0.497 e. The van der Waals surface area contributed by atoms with Crippen molar-refractivity contribution < 1.29 is 9.47 Å². The van der Waals surface area contributed by atoms with Crippen molar-refractivity contribution in [1.82, 2.24) is 10.2 Å². The molecule has 0 amide bonds. The average molecular weight is 395 g/mol. The molecule has 4 rings (SSSR count). The van der Waals surface area contributed by atoms with Crippen LogP contribution in [-0.4, -0.2) is 24.4 Å². The summed E-state index contributed by atoms with van der Waals surface area (Å²) < 4.78 is 10.5. The molecule has 1 aromatic heterocycles. The molecule has 3 aromatic carbocycles. The van der Waals surface area contributed by atoms with Crippen LogP contribution in [0.3, 0.4) is 0 Å². The SMILES string of the molecule is COc1ccc(Sc2ccc(Sc3ccc(OC)cc3)c3[nH]ncc23)cc1. The molecule has 0 radical (unpaired) electrons. The van der Waals surface area contributed by atoms with Crippen molar-refractivity contribution in [3.63, 3.8) is 0 Å². The van der Waals surface area contributed by atoms with E-state index in [-0.39, 0.29) is 0 Å². The number of methoxy groups -OCH3 is 2. The molecule has 0 fully saturated rings. The third-order valence-corrected chi connectivity index (χ3v) is 6.26. The second-order valence-electron chi connectivity index (χ2n) is 5.78. The number of nitrogens with one attached hydrogen (secondary N) is 1. The molecular formula is C21H18N2O2S2. The minimum absolute atomic E-state index is 0.859. The number of aromatic nitrogens is 2. The van der Waals surface area contributed by atoms with E-state index in [0.717, 1.165) is 37.1 Å². The van der Waals surface area contributed by atoms with Crippen LogP contribution in [0.5, 0.6) is 11.5 Å². The van der Waals surface area contributed by atoms with Crippen LogP contribution in [0.2, 0.25) is 0 Å². The highest BCUT2D eigenvalue weighted by atomic mass is 32.2. The van der Waals surface area contributed by atoms with E-state index in [9.17, 15) is 0 Å². The molecule has 1 heterocycles. The molecule has 6 heteroatoms. The van der Waals surface area contributed by atoms with Crippen molar-refractivity contribution >= 4 is 34.4 Å². The molecule has 0 aliphatic carbocycles. The number of H-pyrrole nitrogens is 1. The van der Waals surface area contributed by atoms with Crippen LogP contribution in [0.15, 0.2) is 86.4 Å². The molecule has 0 spiro atoms. The van der Waals surface area contributed by atoms with Gasteiger partial charge >= 0.3 is 0 Å². The van der Waals surface area contributed by atoms with Gasteiger partial charge in [0.2, 0.25) is 0 Å². The van der Waals surface area contributed by atoms with Crippen LogP contribution in [0, 0.1) is 0 Å². The van der Waals surface area contributed by atoms with Crippen LogP contribution in [0.4, 0.5) is 0 Å². The molecule has 0 bridgehead atoms. The van der Waals surface area contributed by atoms with Crippen LogP contribution in [0.1, 0.15) is 0 Å². The van der Waals surface area contributed by atoms with E-state index in [1.165, 1.54) is 4.90 Å². The van der Waals surface area contributed by atoms with Crippen molar-refractivity contribution in [2.24, 2.45) is 0 Å². The molecule has 0 atom stereocenters. The van der Waals surface area contributed by atoms with Gasteiger partial charge in [0.1, 0.15) is 11.5 Å². The van der Waals surface area contributed by atoms with Crippen molar-refractivity contribution in [3.8, 4) is 11.5 Å². The van der Waals surface area contributed by atoms with Gasteiger partial charge in [-0.2, -0.15) is 5.10 Å². The molecule has 1 N–H and O–H groups in total. The zero-order valence-electron chi connectivity index (χ0n) is 14.9. The Morgan fingerprint density at radius 3 is 1.78 bits per heavy atom. The third kappa shape index (κ3) is 3.91. The van der Waals surface area contributed by atoms with Crippen molar-refractivity contribution in [2.75, 3.05) is 14.2 Å². The highest BCUT2D eigenvalue weighted by Crippen LogP contribution is 2.39. The summed E-state index contributed by atoms with van der Waals surface area (Å²) in [5.41, 5.74) is 1.05. The summed E-state index contributed by atoms with van der Waals surface area (Å²) in [5, 5.41) is 8.54. The maximum Gasteiger partial charge on any atom is 0.118 e. The second-order valence-corrected chi connectivity index (χ2v) is 8.01. The molecular weight excluding hydrogens is 376 g/mol. The second kappa shape index (κ2) is 7.98. The Morgan fingerprint density at radius 1 is 0.704 bits per heavy atom. The molecule has 0 unspecified atom stereocenters. The standard InChI is InChI=1S/C21H18N2O2S2/c1-24-14-3-7-16(8-4-14)26-19-11-12-20(21-18(19)13-22-23-21)27-17-9-5-15(25-2)6-10-17/h3-13H,1-2H3,(H,22,23). The topological polar surface area (TPSA) is 47.1 Å². The number of rotatable bonds is 6. The summed E-state index contributed by atoms with van der Waals surface area (Å²) in [7, 11) is 3.35. The minimum atomic E-state index is 0.859. The predicted octanol–water partition coefficient (Wildman–Crippen LogP) is 5.88. The lowest BCUT2D eigenvalue weighted by Gasteiger charge is -2.08. The number of hydrogen-bond donors (Lipinski definition) is 1. The Hall–Kier alpha value is -2.57. The van der Waals surface area contributed by atoms with Gasteiger partial charge in [-0.25, -0.2) is 0 Å². The summed E-state index contributed by atoms with van der Waals surface area (Å²) in [4.78, 5) is 4.63. The average Bonchev–Trinajstić information content (AvgIpc) is 3.21. The van der Waals surface area contributed by atoms with Crippen molar-refractivity contribution in [1.29, 1.82) is 0 Å². The lowest BCUT2D eigenvalue weighted by molar-refractivity contribution is 0.414. The number of benzene rings is 3. The highest BCUT2D eigenvalue weighted by Gasteiger charge is 2.11. The zero-order chi connectivity index (χ0) is 18.6. The van der Waals surface area contributed by atoms with Gasteiger partial charge in [-0.1, -0.05) is 23.5 Å². The van der Waals surface area contributed by atoms with Crippen LogP contribution in [-0.2, 0) is 0 Å². The van der Waals surface area contributed by atoms with E-state index < -0.39 is 0 Å². The first-order valence-electron chi connectivity index (χ1n) is 8.37. The lowest BCUT2D eigenvalue weighted by atomic mass is 10.2. The normalized spacial score (nSPS) is 10.9. The summed E-state index contributed by atoms with van der Waals surface area (Å²) in [6.45, 7) is 0. The number of fused-ring (bicyclic) bond motifs is 1. The first-order valence-corrected chi connectivity index (χ1v) is 10.00. The lowest BCUT2D eigenvalue weighted by Crippen LogP contribution is -1.84. The molecule has 4 nitrogen and oxygen atoms in total. The Balaban J connectivity index is 1.61. The van der Waals surface area contributed by atoms with E-state index in [2.05, 4.69) is 46.6 Å². The van der Waals surface area contributed by atoms with Crippen LogP contribution >= 0.6 is 23.5 Å². The quantitative estimate of drug-likeness (QED) is 0.442. The Morgan fingerprint density at radius 2 is 1.22 bits per heavy atom. The van der Waals surface area contributed by atoms with E-state index in [1.807, 2.05) is 30.5 Å². The fourth-order valence-electron chi connectivity index (χ4n) is 2.70. The summed E-state index contributed by atoms with van der Waals surface area (Å²) >= 11 is 3.43. The maximum atomic E-state index is 5.23. The molecule has 136 valence electrons. The molecule has 0 aliphatic heterocycles. The van der Waals surface area contributed by atoms with E-state index >= 15 is 0 Å². The van der Waals surface area contributed by atoms with E-state index in [4.69, 9.17) is 9.47 Å². The summed E-state index contributed by atoms with van der Waals surface area (Å²) in [6, 6.07) is 20.4. The molecule has 0 aliphatic rings. The van der Waals surface area contributed by atoms with Crippen molar-refractivity contribution in [2.45, 2.75) is 19.6 Å². The van der Waals surface area contributed by atoms with Crippen molar-refractivity contribution in [3.05, 3.63) is 66.9 Å². The van der Waals surface area contributed by atoms with Gasteiger partial charge in [0.25, 0.3) is 0 Å². The van der Waals surface area contributed by atoms with Gasteiger partial charge < -0.3 is 9.47 Å². The zero-order valence-corrected chi connectivity index (χ0v) is 16.6. The number of ether oxygens (including phenoxy) is 2. The van der Waals surface area contributed by atoms with Gasteiger partial charge in [-0.15, -0.1) is 0 Å². The number of aromatic amines is 1. The fraction of sp³-hybridized carbons (Fsp3) is 0.0952. The van der Waals surface area contributed by atoms with E-state index in [0.29, 0.717) is 0 Å². The monoisotopic (exact) mass is 394 g/mol. The van der Waals surface area contributed by atoms with Gasteiger partial charge in [-0.05, 0) is 60.7 Å². The fourth-order valence-corrected chi connectivity index (χ4v) is 4.55. The smallest absolute Gasteiger partial charge is 0.118 e. The molecule has 0 saturated carbocycles. The van der Waals surface area contributed by atoms with Gasteiger partial charge in [0.15, 0.2) is 0 Å². The molecule has 0 saturated heterocycles. The first-order chi connectivity index (χ1) is 13.3. The number of hydrogen-bond acceptors (Lipinski definition) is 5. The Kier molecular flexibility index (Phi) is 5.27. The first kappa shape index (κ1) is 17.8. The number of nitrogens with zero attached hydrogens (tertiary/aromatic N) is 1. The van der Waals surface area contributed by atoms with Gasteiger partial charge in [-0.3, -0.25) is 5.10 Å². The molecule has 4 aromatic rings. The Labute approximate surface area is 166 Å². The van der Waals surface area contributed by atoms with E-state index in [1.54, 1.807) is 37.7 Å². The maximum absolute atomic E-state index is 5.23. The summed E-state index contributed by atoms with van der Waals surface area (Å²) in [5.74, 6) is 1.72. The summed E-state index contributed by atoms with van der Waals surface area (Å²) in [6.07, 6.45) is 1.89. The minimum Gasteiger partial charge on any atom is -0.497 e. The van der Waals surface area contributed by atoms with Gasteiger partial charge in [0, 0.05) is 25.0 Å². The molecule has 27 heavy (non-hydrogen) atoms. The van der Waals surface area contributed by atoms with Crippen LogP contribution < -0.4 is 9.47 Å². The third-order valence-electron chi connectivity index (χ3n) is 4.11.